The first kappa shape index (κ1) is 18.4. The van der Waals surface area contributed by atoms with Crippen molar-refractivity contribution in [2.24, 2.45) is 5.14 Å². The number of rotatable bonds is 6. The molecule has 0 aliphatic rings. The van der Waals surface area contributed by atoms with Crippen LogP contribution in [-0.4, -0.2) is 25.9 Å². The molecule has 1 heterocycles. The highest BCUT2D eigenvalue weighted by atomic mass is 32.2. The maximum absolute atomic E-state index is 12.3. The number of nitrogens with one attached hydrogen (secondary N) is 1. The lowest BCUT2D eigenvalue weighted by Crippen LogP contribution is -2.18. The average Bonchev–Trinajstić information content (AvgIpc) is 2.91. The Kier molecular flexibility index (Phi) is 5.58. The fourth-order valence-corrected chi connectivity index (χ4v) is 4.04. The fourth-order valence-electron chi connectivity index (χ4n) is 2.02. The minimum atomic E-state index is -3.83. The molecule has 1 aromatic heterocycles. The van der Waals surface area contributed by atoms with Crippen LogP contribution in [0.4, 0.5) is 5.69 Å². The van der Waals surface area contributed by atoms with Crippen LogP contribution in [0.1, 0.15) is 30.5 Å². The molecule has 1 amide bonds. The Morgan fingerprint density at radius 2 is 2.00 bits per heavy atom. The molecule has 0 saturated heterocycles. The molecule has 24 heavy (non-hydrogen) atoms. The summed E-state index contributed by atoms with van der Waals surface area (Å²) in [6.45, 7) is 5.67. The summed E-state index contributed by atoms with van der Waals surface area (Å²) in [4.78, 5) is 16.5. The van der Waals surface area contributed by atoms with E-state index in [2.05, 4.69) is 10.3 Å². The molecule has 0 saturated carbocycles. The van der Waals surface area contributed by atoms with Crippen molar-refractivity contribution < 1.29 is 17.9 Å². The standard InChI is InChI=1S/C15H19N3O4S2/c1-4-22-12-7-5-11(6-8-12)18-13(19)9(2)14-17-10(3)15(23-14)24(16,20)21/h5-9H,4H2,1-3H3,(H,18,19)(H2,16,20,21). The minimum absolute atomic E-state index is 0.0155. The summed E-state index contributed by atoms with van der Waals surface area (Å²) >= 11 is 0.918. The van der Waals surface area contributed by atoms with Crippen LogP contribution in [0.15, 0.2) is 28.5 Å². The quantitative estimate of drug-likeness (QED) is 0.811. The normalized spacial score (nSPS) is 12.7. The number of carbonyl (C=O) groups is 1. The maximum Gasteiger partial charge on any atom is 0.249 e. The Morgan fingerprint density at radius 1 is 1.38 bits per heavy atom. The van der Waals surface area contributed by atoms with Gasteiger partial charge in [-0.25, -0.2) is 18.5 Å². The van der Waals surface area contributed by atoms with Gasteiger partial charge >= 0.3 is 0 Å². The van der Waals surface area contributed by atoms with Gasteiger partial charge < -0.3 is 10.1 Å². The summed E-state index contributed by atoms with van der Waals surface area (Å²) in [5.41, 5.74) is 0.925. The zero-order valence-electron chi connectivity index (χ0n) is 13.6. The van der Waals surface area contributed by atoms with Gasteiger partial charge in [0.1, 0.15) is 10.8 Å². The van der Waals surface area contributed by atoms with E-state index in [0.29, 0.717) is 23.0 Å². The highest BCUT2D eigenvalue weighted by molar-refractivity contribution is 7.91. The highest BCUT2D eigenvalue weighted by Gasteiger charge is 2.24. The fraction of sp³-hybridized carbons (Fsp3) is 0.333. The molecule has 9 heteroatoms. The number of nitrogens with zero attached hydrogens (tertiary/aromatic N) is 1. The van der Waals surface area contributed by atoms with Crippen LogP contribution >= 0.6 is 11.3 Å². The molecule has 2 aromatic rings. The first-order valence-corrected chi connectivity index (χ1v) is 9.62. The van der Waals surface area contributed by atoms with E-state index in [9.17, 15) is 13.2 Å². The summed E-state index contributed by atoms with van der Waals surface area (Å²) in [5, 5.41) is 8.31. The molecule has 0 aliphatic heterocycles. The number of ether oxygens (including phenoxy) is 1. The lowest BCUT2D eigenvalue weighted by Gasteiger charge is -2.10. The summed E-state index contributed by atoms with van der Waals surface area (Å²) in [6, 6.07) is 6.99. The number of sulfonamides is 1. The first-order valence-electron chi connectivity index (χ1n) is 7.26. The van der Waals surface area contributed by atoms with Crippen molar-refractivity contribution in [3.63, 3.8) is 0 Å². The van der Waals surface area contributed by atoms with E-state index in [4.69, 9.17) is 9.88 Å². The van der Waals surface area contributed by atoms with Gasteiger partial charge in [0.2, 0.25) is 15.9 Å². The van der Waals surface area contributed by atoms with Crippen LogP contribution in [-0.2, 0) is 14.8 Å². The second-order valence-electron chi connectivity index (χ2n) is 5.14. The number of hydrogen-bond donors (Lipinski definition) is 2. The van der Waals surface area contributed by atoms with Gasteiger partial charge in [-0.05, 0) is 45.0 Å². The molecule has 0 fully saturated rings. The zero-order chi connectivity index (χ0) is 17.9. The van der Waals surface area contributed by atoms with E-state index in [1.165, 1.54) is 0 Å². The second kappa shape index (κ2) is 7.29. The SMILES string of the molecule is CCOc1ccc(NC(=O)C(C)c2nc(C)c(S(N)(=O)=O)s2)cc1. The minimum Gasteiger partial charge on any atom is -0.494 e. The predicted molar refractivity (Wildman–Crippen MR) is 92.9 cm³/mol. The van der Waals surface area contributed by atoms with E-state index in [0.717, 1.165) is 17.1 Å². The van der Waals surface area contributed by atoms with Gasteiger partial charge in [0.25, 0.3) is 0 Å². The summed E-state index contributed by atoms with van der Waals surface area (Å²) in [6.07, 6.45) is 0. The van der Waals surface area contributed by atoms with Crippen LogP contribution in [0.2, 0.25) is 0 Å². The van der Waals surface area contributed by atoms with Gasteiger partial charge in [-0.1, -0.05) is 0 Å². The molecule has 0 aliphatic carbocycles. The Bertz CT molecular complexity index is 829. The van der Waals surface area contributed by atoms with E-state index >= 15 is 0 Å². The average molecular weight is 369 g/mol. The number of hydrogen-bond acceptors (Lipinski definition) is 6. The number of aryl methyl sites for hydroxylation is 1. The molecule has 2 rings (SSSR count). The number of amides is 1. The Balaban J connectivity index is 2.12. The number of carbonyl (C=O) groups excluding carboxylic acids is 1. The summed E-state index contributed by atoms with van der Waals surface area (Å²) in [5.74, 6) is -0.165. The van der Waals surface area contributed by atoms with Crippen molar-refractivity contribution in [1.29, 1.82) is 0 Å². The lowest BCUT2D eigenvalue weighted by atomic mass is 10.1. The first-order chi connectivity index (χ1) is 11.2. The Morgan fingerprint density at radius 3 is 2.50 bits per heavy atom. The topological polar surface area (TPSA) is 111 Å². The third-order valence-corrected chi connectivity index (χ3v) is 6.12. The van der Waals surface area contributed by atoms with Crippen LogP contribution in [0.3, 0.4) is 0 Å². The molecule has 0 spiro atoms. The number of anilines is 1. The molecular formula is C15H19N3O4S2. The van der Waals surface area contributed by atoms with E-state index < -0.39 is 15.9 Å². The Hall–Kier alpha value is -1.97. The van der Waals surface area contributed by atoms with Crippen LogP contribution in [0, 0.1) is 6.92 Å². The van der Waals surface area contributed by atoms with Gasteiger partial charge in [0, 0.05) is 5.69 Å². The predicted octanol–water partition coefficient (Wildman–Crippen LogP) is 2.24. The molecular weight excluding hydrogens is 350 g/mol. The molecule has 3 N–H and O–H groups in total. The number of nitrogens with two attached hydrogens (primary N) is 1. The zero-order valence-corrected chi connectivity index (χ0v) is 15.2. The number of benzene rings is 1. The largest absolute Gasteiger partial charge is 0.494 e. The third kappa shape index (κ3) is 4.31. The van der Waals surface area contributed by atoms with Gasteiger partial charge in [0.05, 0.1) is 18.2 Å². The molecule has 1 aromatic carbocycles. The third-order valence-electron chi connectivity index (χ3n) is 3.23. The van der Waals surface area contributed by atoms with Crippen molar-refractivity contribution >= 4 is 33.0 Å². The van der Waals surface area contributed by atoms with Crippen molar-refractivity contribution in [1.82, 2.24) is 4.98 Å². The monoisotopic (exact) mass is 369 g/mol. The van der Waals surface area contributed by atoms with Crippen molar-refractivity contribution in [2.45, 2.75) is 30.9 Å². The molecule has 130 valence electrons. The van der Waals surface area contributed by atoms with Crippen LogP contribution in [0.25, 0.3) is 0 Å². The maximum atomic E-state index is 12.3. The molecule has 7 nitrogen and oxygen atoms in total. The van der Waals surface area contributed by atoms with Crippen molar-refractivity contribution in [3.8, 4) is 5.75 Å². The smallest absolute Gasteiger partial charge is 0.249 e. The Labute approximate surface area is 144 Å². The number of primary sulfonamides is 1. The summed E-state index contributed by atoms with van der Waals surface area (Å²) in [7, 11) is -3.83. The van der Waals surface area contributed by atoms with E-state index in [1.54, 1.807) is 38.1 Å². The van der Waals surface area contributed by atoms with Crippen LogP contribution in [0.5, 0.6) is 5.75 Å². The van der Waals surface area contributed by atoms with Crippen molar-refractivity contribution in [3.05, 3.63) is 35.0 Å². The lowest BCUT2D eigenvalue weighted by molar-refractivity contribution is -0.117. The highest BCUT2D eigenvalue weighted by Crippen LogP contribution is 2.28. The molecule has 1 unspecified atom stereocenters. The van der Waals surface area contributed by atoms with Crippen molar-refractivity contribution in [2.75, 3.05) is 11.9 Å². The molecule has 1 atom stereocenters. The van der Waals surface area contributed by atoms with Gasteiger partial charge in [-0.2, -0.15) is 0 Å². The van der Waals surface area contributed by atoms with Gasteiger partial charge in [-0.3, -0.25) is 4.79 Å². The molecule has 0 radical (unpaired) electrons. The van der Waals surface area contributed by atoms with Gasteiger partial charge in [-0.15, -0.1) is 11.3 Å². The second-order valence-corrected chi connectivity index (χ2v) is 7.93. The van der Waals surface area contributed by atoms with Crippen LogP contribution < -0.4 is 15.2 Å². The van der Waals surface area contributed by atoms with Gasteiger partial charge in [0.15, 0.2) is 4.21 Å². The summed E-state index contributed by atoms with van der Waals surface area (Å²) < 4.78 is 28.3. The number of aromatic nitrogens is 1. The number of thiazole rings is 1. The van der Waals surface area contributed by atoms with E-state index in [-0.39, 0.29) is 10.1 Å². The molecule has 0 bridgehead atoms. The van der Waals surface area contributed by atoms with E-state index in [1.807, 2.05) is 6.92 Å².